The number of nitrogens with two attached hydrogens (primary N) is 1. The maximum absolute atomic E-state index is 6.27. The molecule has 0 saturated heterocycles. The standard InChI is InChI=1S/C16H17BrClN3/c1-16(2)6-13(19)11-8-20-15(21-14(11)7-16)10-5-9(17)3-4-12(10)18/h3-5,8,13H,6-7,19H2,1-2H3. The molecule has 1 atom stereocenters. The van der Waals surface area contributed by atoms with Crippen LogP contribution in [0.1, 0.15) is 37.6 Å². The molecule has 0 fully saturated rings. The number of rotatable bonds is 1. The maximum Gasteiger partial charge on any atom is 0.160 e. The van der Waals surface area contributed by atoms with Gasteiger partial charge >= 0.3 is 0 Å². The molecule has 0 bridgehead atoms. The van der Waals surface area contributed by atoms with Gasteiger partial charge in [0.05, 0.1) is 5.02 Å². The molecule has 0 amide bonds. The molecule has 3 nitrogen and oxygen atoms in total. The predicted molar refractivity (Wildman–Crippen MR) is 89.2 cm³/mol. The summed E-state index contributed by atoms with van der Waals surface area (Å²) in [6.07, 6.45) is 3.73. The predicted octanol–water partition coefficient (Wildman–Crippen LogP) is 4.53. The number of aromatic nitrogens is 2. The smallest absolute Gasteiger partial charge is 0.160 e. The first-order chi connectivity index (χ1) is 9.85. The van der Waals surface area contributed by atoms with Gasteiger partial charge in [-0.05, 0) is 36.5 Å². The Morgan fingerprint density at radius 1 is 1.38 bits per heavy atom. The summed E-state index contributed by atoms with van der Waals surface area (Å²) < 4.78 is 0.959. The molecule has 1 aliphatic carbocycles. The number of halogens is 2. The van der Waals surface area contributed by atoms with Crippen LogP contribution in [0.2, 0.25) is 5.02 Å². The van der Waals surface area contributed by atoms with Crippen molar-refractivity contribution in [2.45, 2.75) is 32.7 Å². The molecule has 21 heavy (non-hydrogen) atoms. The Bertz CT molecular complexity index is 700. The van der Waals surface area contributed by atoms with Crippen LogP contribution in [-0.2, 0) is 6.42 Å². The molecule has 5 heteroatoms. The lowest BCUT2D eigenvalue weighted by atomic mass is 9.74. The highest BCUT2D eigenvalue weighted by molar-refractivity contribution is 9.10. The summed E-state index contributed by atoms with van der Waals surface area (Å²) in [5.41, 5.74) is 9.36. The van der Waals surface area contributed by atoms with Crippen molar-refractivity contribution in [1.82, 2.24) is 9.97 Å². The van der Waals surface area contributed by atoms with Gasteiger partial charge in [-0.1, -0.05) is 41.4 Å². The molecule has 0 radical (unpaired) electrons. The quantitative estimate of drug-likeness (QED) is 0.806. The van der Waals surface area contributed by atoms with Crippen LogP contribution in [-0.4, -0.2) is 9.97 Å². The Hall–Kier alpha value is -0.970. The van der Waals surface area contributed by atoms with Gasteiger partial charge in [0.25, 0.3) is 0 Å². The largest absolute Gasteiger partial charge is 0.324 e. The van der Waals surface area contributed by atoms with E-state index < -0.39 is 0 Å². The summed E-state index contributed by atoms with van der Waals surface area (Å²) >= 11 is 9.74. The Morgan fingerprint density at radius 3 is 2.90 bits per heavy atom. The number of benzene rings is 1. The lowest BCUT2D eigenvalue weighted by Gasteiger charge is -2.34. The van der Waals surface area contributed by atoms with Crippen molar-refractivity contribution in [3.05, 3.63) is 45.1 Å². The third-order valence-corrected chi connectivity index (χ3v) is 4.71. The van der Waals surface area contributed by atoms with Crippen LogP contribution in [0, 0.1) is 5.41 Å². The third kappa shape index (κ3) is 2.98. The molecule has 2 aromatic rings. The minimum atomic E-state index is 0.00998. The van der Waals surface area contributed by atoms with E-state index in [1.165, 1.54) is 0 Å². The van der Waals surface area contributed by atoms with E-state index in [0.29, 0.717) is 10.8 Å². The van der Waals surface area contributed by atoms with Gasteiger partial charge < -0.3 is 5.73 Å². The lowest BCUT2D eigenvalue weighted by molar-refractivity contribution is 0.278. The summed E-state index contributed by atoms with van der Waals surface area (Å²) in [7, 11) is 0. The van der Waals surface area contributed by atoms with Crippen molar-refractivity contribution < 1.29 is 0 Å². The maximum atomic E-state index is 6.27. The minimum Gasteiger partial charge on any atom is -0.324 e. The molecule has 0 spiro atoms. The van der Waals surface area contributed by atoms with Gasteiger partial charge in [0, 0.05) is 33.5 Å². The molecule has 1 unspecified atom stereocenters. The second-order valence-corrected chi connectivity index (χ2v) is 7.69. The third-order valence-electron chi connectivity index (χ3n) is 3.89. The van der Waals surface area contributed by atoms with E-state index in [0.717, 1.165) is 34.1 Å². The van der Waals surface area contributed by atoms with Crippen molar-refractivity contribution in [1.29, 1.82) is 0 Å². The van der Waals surface area contributed by atoms with Crippen LogP contribution in [0.4, 0.5) is 0 Å². The fourth-order valence-electron chi connectivity index (χ4n) is 2.91. The van der Waals surface area contributed by atoms with Crippen LogP contribution in [0.15, 0.2) is 28.9 Å². The topological polar surface area (TPSA) is 51.8 Å². The average Bonchev–Trinajstić information content (AvgIpc) is 2.39. The molecule has 1 aromatic heterocycles. The van der Waals surface area contributed by atoms with Gasteiger partial charge in [-0.15, -0.1) is 0 Å². The van der Waals surface area contributed by atoms with Crippen LogP contribution in [0.25, 0.3) is 11.4 Å². The van der Waals surface area contributed by atoms with Gasteiger partial charge in [0.2, 0.25) is 0 Å². The van der Waals surface area contributed by atoms with E-state index in [1.54, 1.807) is 0 Å². The second kappa shape index (κ2) is 5.34. The monoisotopic (exact) mass is 365 g/mol. The number of nitrogens with zero attached hydrogens (tertiary/aromatic N) is 2. The molecule has 3 rings (SSSR count). The van der Waals surface area contributed by atoms with Crippen LogP contribution >= 0.6 is 27.5 Å². The fourth-order valence-corrected chi connectivity index (χ4v) is 3.47. The molecule has 110 valence electrons. The molecular weight excluding hydrogens is 350 g/mol. The molecule has 2 N–H and O–H groups in total. The minimum absolute atomic E-state index is 0.00998. The highest BCUT2D eigenvalue weighted by Crippen LogP contribution is 2.39. The van der Waals surface area contributed by atoms with Gasteiger partial charge in [0.1, 0.15) is 0 Å². The lowest BCUT2D eigenvalue weighted by Crippen LogP contribution is -2.30. The van der Waals surface area contributed by atoms with Crippen molar-refractivity contribution >= 4 is 27.5 Å². The molecule has 0 aliphatic heterocycles. The number of hydrogen-bond acceptors (Lipinski definition) is 3. The molecule has 1 aliphatic rings. The molecule has 0 saturated carbocycles. The van der Waals surface area contributed by atoms with Gasteiger partial charge in [-0.2, -0.15) is 0 Å². The SMILES string of the molecule is CC1(C)Cc2nc(-c3cc(Br)ccc3Cl)ncc2C(N)C1. The second-order valence-electron chi connectivity index (χ2n) is 6.37. The van der Waals surface area contributed by atoms with Crippen LogP contribution < -0.4 is 5.73 Å². The summed E-state index contributed by atoms with van der Waals surface area (Å²) in [6.45, 7) is 4.45. The first-order valence-corrected chi connectivity index (χ1v) is 8.10. The van der Waals surface area contributed by atoms with Crippen molar-refractivity contribution in [3.63, 3.8) is 0 Å². The van der Waals surface area contributed by atoms with E-state index in [4.69, 9.17) is 22.3 Å². The van der Waals surface area contributed by atoms with E-state index in [1.807, 2.05) is 24.4 Å². The van der Waals surface area contributed by atoms with Crippen molar-refractivity contribution in [2.24, 2.45) is 11.1 Å². The summed E-state index contributed by atoms with van der Waals surface area (Å²) in [6, 6.07) is 5.71. The van der Waals surface area contributed by atoms with Crippen molar-refractivity contribution in [2.75, 3.05) is 0 Å². The Balaban J connectivity index is 2.09. The van der Waals surface area contributed by atoms with E-state index in [2.05, 4.69) is 34.8 Å². The zero-order chi connectivity index (χ0) is 15.2. The summed E-state index contributed by atoms with van der Waals surface area (Å²) in [4.78, 5) is 9.20. The highest BCUT2D eigenvalue weighted by atomic mass is 79.9. The van der Waals surface area contributed by atoms with Crippen molar-refractivity contribution in [3.8, 4) is 11.4 Å². The highest BCUT2D eigenvalue weighted by Gasteiger charge is 2.31. The Kier molecular flexibility index (Phi) is 3.80. The van der Waals surface area contributed by atoms with Gasteiger partial charge in [-0.25, -0.2) is 9.97 Å². The van der Waals surface area contributed by atoms with Crippen LogP contribution in [0.5, 0.6) is 0 Å². The van der Waals surface area contributed by atoms with Crippen LogP contribution in [0.3, 0.4) is 0 Å². The van der Waals surface area contributed by atoms with Gasteiger partial charge in [-0.3, -0.25) is 0 Å². The Morgan fingerprint density at radius 2 is 2.14 bits per heavy atom. The molecule has 1 heterocycles. The number of hydrogen-bond donors (Lipinski definition) is 1. The zero-order valence-corrected chi connectivity index (χ0v) is 14.4. The summed E-state index contributed by atoms with van der Waals surface area (Å²) in [5.74, 6) is 0.657. The first-order valence-electron chi connectivity index (χ1n) is 6.92. The fraction of sp³-hybridized carbons (Fsp3) is 0.375. The van der Waals surface area contributed by atoms with E-state index in [-0.39, 0.29) is 11.5 Å². The first kappa shape index (κ1) is 14.9. The van der Waals surface area contributed by atoms with E-state index in [9.17, 15) is 0 Å². The normalized spacial score (nSPS) is 20.1. The summed E-state index contributed by atoms with van der Waals surface area (Å²) in [5, 5.41) is 0.650. The number of fused-ring (bicyclic) bond motifs is 1. The van der Waals surface area contributed by atoms with Gasteiger partial charge in [0.15, 0.2) is 5.82 Å². The molecule has 1 aromatic carbocycles. The van der Waals surface area contributed by atoms with E-state index >= 15 is 0 Å². The Labute approximate surface area is 138 Å². The average molecular weight is 367 g/mol. The zero-order valence-electron chi connectivity index (χ0n) is 12.0. The molecular formula is C16H17BrClN3.